The number of rotatable bonds is 13. The van der Waals surface area contributed by atoms with E-state index in [2.05, 4.69) is 5.32 Å². The van der Waals surface area contributed by atoms with E-state index < -0.39 is 28.5 Å². The monoisotopic (exact) mass is 585 g/mol. The second kappa shape index (κ2) is 14.2. The van der Waals surface area contributed by atoms with E-state index in [1.807, 2.05) is 32.9 Å². The maximum atomic E-state index is 14.0. The fourth-order valence-electron chi connectivity index (χ4n) is 4.22. The molecule has 0 spiro atoms. The molecule has 0 bridgehead atoms. The number of nitrogens with one attached hydrogen (secondary N) is 1. The number of hydrogen-bond acceptors (Lipinski definition) is 5. The van der Waals surface area contributed by atoms with Crippen molar-refractivity contribution in [1.82, 2.24) is 10.2 Å². The minimum atomic E-state index is -4.19. The molecule has 0 aromatic heterocycles. The lowest BCUT2D eigenvalue weighted by Crippen LogP contribution is -2.52. The Kier molecular flexibility index (Phi) is 11.0. The molecule has 0 saturated carbocycles. The zero-order chi connectivity index (χ0) is 29.3. The first kappa shape index (κ1) is 31.0. The molecule has 0 aliphatic heterocycles. The van der Waals surface area contributed by atoms with Crippen LogP contribution in [-0.4, -0.2) is 51.4 Å². The van der Waals surface area contributed by atoms with Crippen LogP contribution in [0.1, 0.15) is 37.8 Å². The lowest BCUT2D eigenvalue weighted by Gasteiger charge is -2.33. The number of benzene rings is 3. The number of ether oxygens (including phenoxy) is 1. The third-order valence-corrected chi connectivity index (χ3v) is 8.55. The summed E-state index contributed by atoms with van der Waals surface area (Å²) in [5.41, 5.74) is 1.83. The van der Waals surface area contributed by atoms with Gasteiger partial charge >= 0.3 is 0 Å². The van der Waals surface area contributed by atoms with E-state index in [0.717, 1.165) is 21.9 Å². The highest BCUT2D eigenvalue weighted by Gasteiger charge is 2.34. The van der Waals surface area contributed by atoms with E-state index in [9.17, 15) is 18.0 Å². The highest BCUT2D eigenvalue weighted by atomic mass is 35.5. The summed E-state index contributed by atoms with van der Waals surface area (Å²) < 4.78 is 34.1. The van der Waals surface area contributed by atoms with Gasteiger partial charge < -0.3 is 15.0 Å². The number of halogens is 1. The van der Waals surface area contributed by atoms with Crippen LogP contribution >= 0.6 is 11.6 Å². The number of methoxy groups -OCH3 is 1. The molecule has 40 heavy (non-hydrogen) atoms. The van der Waals surface area contributed by atoms with Gasteiger partial charge in [0.2, 0.25) is 11.8 Å². The van der Waals surface area contributed by atoms with Crippen LogP contribution in [0.25, 0.3) is 0 Å². The number of anilines is 1. The summed E-state index contributed by atoms with van der Waals surface area (Å²) in [6, 6.07) is 19.2. The van der Waals surface area contributed by atoms with Crippen molar-refractivity contribution < 1.29 is 22.7 Å². The molecule has 1 N–H and O–H groups in total. The van der Waals surface area contributed by atoms with Gasteiger partial charge in [0.05, 0.1) is 22.7 Å². The first-order chi connectivity index (χ1) is 19.1. The van der Waals surface area contributed by atoms with Gasteiger partial charge in [-0.05, 0) is 61.7 Å². The third-order valence-electron chi connectivity index (χ3n) is 6.46. The summed E-state index contributed by atoms with van der Waals surface area (Å²) in [5, 5.41) is 3.05. The van der Waals surface area contributed by atoms with Crippen LogP contribution in [-0.2, 0) is 26.2 Å². The molecule has 214 valence electrons. The number of nitrogens with zero attached hydrogens (tertiary/aromatic N) is 2. The average molecular weight is 586 g/mol. The van der Waals surface area contributed by atoms with Gasteiger partial charge in [0.25, 0.3) is 10.0 Å². The van der Waals surface area contributed by atoms with E-state index in [1.165, 1.54) is 17.0 Å². The molecule has 2 amide bonds. The van der Waals surface area contributed by atoms with Gasteiger partial charge in [0, 0.05) is 13.1 Å². The number of sulfonamides is 1. The average Bonchev–Trinajstić information content (AvgIpc) is 2.95. The summed E-state index contributed by atoms with van der Waals surface area (Å²) in [6.45, 7) is 5.64. The normalized spacial score (nSPS) is 11.9. The molecule has 3 rings (SSSR count). The van der Waals surface area contributed by atoms with Crippen LogP contribution in [0.3, 0.4) is 0 Å². The number of aryl methyl sites for hydroxylation is 1. The molecule has 0 radical (unpaired) electrons. The Hall–Kier alpha value is -3.56. The molecule has 3 aromatic rings. The van der Waals surface area contributed by atoms with Gasteiger partial charge in [-0.1, -0.05) is 67.4 Å². The van der Waals surface area contributed by atoms with E-state index in [1.54, 1.807) is 55.6 Å². The van der Waals surface area contributed by atoms with Crippen LogP contribution in [0, 0.1) is 6.92 Å². The van der Waals surface area contributed by atoms with Gasteiger partial charge in [0.1, 0.15) is 18.3 Å². The minimum absolute atomic E-state index is 0.0280. The minimum Gasteiger partial charge on any atom is -0.497 e. The van der Waals surface area contributed by atoms with Crippen LogP contribution in [0.2, 0.25) is 5.02 Å². The van der Waals surface area contributed by atoms with Crippen LogP contribution < -0.4 is 14.4 Å². The predicted molar refractivity (Wildman–Crippen MR) is 158 cm³/mol. The fraction of sp³-hybridized carbons (Fsp3) is 0.333. The summed E-state index contributed by atoms with van der Waals surface area (Å²) in [5.74, 6) is -0.176. The van der Waals surface area contributed by atoms with Gasteiger partial charge in [-0.2, -0.15) is 0 Å². The smallest absolute Gasteiger partial charge is 0.264 e. The first-order valence-electron chi connectivity index (χ1n) is 13.2. The number of carbonyl (C=O) groups is 2. The zero-order valence-corrected chi connectivity index (χ0v) is 24.8. The van der Waals surface area contributed by atoms with Crippen LogP contribution in [0.4, 0.5) is 5.69 Å². The first-order valence-corrected chi connectivity index (χ1v) is 15.0. The molecule has 0 fully saturated rings. The standard InChI is InChI=1S/C30H36ClN3O5S/c1-5-19-32-30(36)27(6-2)33(20-23-13-15-24(39-4)16-14-23)29(35)21-34(28-10-8-7-9-26(28)31)40(37,38)25-17-11-22(3)12-18-25/h7-18,27H,5-6,19-21H2,1-4H3,(H,32,36)/t27-/m1/s1. The molecule has 10 heteroatoms. The van der Waals surface area contributed by atoms with Crippen molar-refractivity contribution in [3.05, 3.63) is 88.9 Å². The molecule has 0 unspecified atom stereocenters. The molecule has 1 atom stereocenters. The highest BCUT2D eigenvalue weighted by Crippen LogP contribution is 2.31. The maximum Gasteiger partial charge on any atom is 0.264 e. The van der Waals surface area contributed by atoms with Gasteiger partial charge in [-0.25, -0.2) is 8.42 Å². The second-order valence-electron chi connectivity index (χ2n) is 9.36. The topological polar surface area (TPSA) is 96.0 Å². The Morgan fingerprint density at radius 2 is 1.62 bits per heavy atom. The lowest BCUT2D eigenvalue weighted by atomic mass is 10.1. The molecule has 0 heterocycles. The maximum absolute atomic E-state index is 14.0. The van der Waals surface area contributed by atoms with Crippen LogP contribution in [0.15, 0.2) is 77.7 Å². The van der Waals surface area contributed by atoms with Crippen molar-refractivity contribution in [2.24, 2.45) is 0 Å². The quantitative estimate of drug-likeness (QED) is 0.298. The van der Waals surface area contributed by atoms with Crippen molar-refractivity contribution in [1.29, 1.82) is 0 Å². The number of amides is 2. The van der Waals surface area contributed by atoms with E-state index >= 15 is 0 Å². The summed E-state index contributed by atoms with van der Waals surface area (Å²) in [6.07, 6.45) is 1.08. The molecule has 8 nitrogen and oxygen atoms in total. The van der Waals surface area contributed by atoms with E-state index in [0.29, 0.717) is 18.7 Å². The fourth-order valence-corrected chi connectivity index (χ4v) is 5.94. The Morgan fingerprint density at radius 1 is 0.975 bits per heavy atom. The third kappa shape index (κ3) is 7.55. The number of hydrogen-bond donors (Lipinski definition) is 1. The van der Waals surface area contributed by atoms with Crippen molar-refractivity contribution in [2.45, 2.75) is 51.1 Å². The van der Waals surface area contributed by atoms with Crippen molar-refractivity contribution >= 4 is 39.1 Å². The Labute approximate surface area is 241 Å². The molecule has 0 saturated heterocycles. The van der Waals surface area contributed by atoms with Crippen molar-refractivity contribution in [3.63, 3.8) is 0 Å². The molecule has 3 aromatic carbocycles. The number of para-hydroxylation sites is 1. The number of carbonyl (C=O) groups excluding carboxylic acids is 2. The Morgan fingerprint density at radius 3 is 2.20 bits per heavy atom. The van der Waals surface area contributed by atoms with Gasteiger partial charge in [-0.3, -0.25) is 13.9 Å². The molecular weight excluding hydrogens is 550 g/mol. The van der Waals surface area contributed by atoms with Crippen molar-refractivity contribution in [2.75, 3.05) is 24.5 Å². The summed E-state index contributed by atoms with van der Waals surface area (Å²) >= 11 is 6.45. The summed E-state index contributed by atoms with van der Waals surface area (Å²) in [7, 11) is -2.62. The largest absolute Gasteiger partial charge is 0.497 e. The summed E-state index contributed by atoms with van der Waals surface area (Å²) in [4.78, 5) is 28.7. The Bertz CT molecular complexity index is 1400. The SMILES string of the molecule is CCCNC(=O)[C@@H](CC)N(Cc1ccc(OC)cc1)C(=O)CN(c1ccccc1Cl)S(=O)(=O)c1ccc(C)cc1. The van der Waals surface area contributed by atoms with E-state index in [-0.39, 0.29) is 28.1 Å². The zero-order valence-electron chi connectivity index (χ0n) is 23.3. The van der Waals surface area contributed by atoms with Gasteiger partial charge in [-0.15, -0.1) is 0 Å². The molecular formula is C30H36ClN3O5S. The van der Waals surface area contributed by atoms with Crippen LogP contribution in [0.5, 0.6) is 5.75 Å². The van der Waals surface area contributed by atoms with E-state index in [4.69, 9.17) is 16.3 Å². The Balaban J connectivity index is 2.05. The second-order valence-corrected chi connectivity index (χ2v) is 11.6. The van der Waals surface area contributed by atoms with Gasteiger partial charge in [0.15, 0.2) is 0 Å². The molecule has 0 aliphatic rings. The predicted octanol–water partition coefficient (Wildman–Crippen LogP) is 5.19. The highest BCUT2D eigenvalue weighted by molar-refractivity contribution is 7.92. The molecule has 0 aliphatic carbocycles. The van der Waals surface area contributed by atoms with Crippen molar-refractivity contribution in [3.8, 4) is 5.75 Å². The lowest BCUT2D eigenvalue weighted by molar-refractivity contribution is -0.140.